The van der Waals surface area contributed by atoms with Crippen LogP contribution in [0.1, 0.15) is 50.3 Å². The molecular formula is C18H26N4O3. The highest BCUT2D eigenvalue weighted by molar-refractivity contribution is 5.80. The van der Waals surface area contributed by atoms with Gasteiger partial charge in [-0.3, -0.25) is 14.3 Å². The summed E-state index contributed by atoms with van der Waals surface area (Å²) in [4.78, 5) is 26.8. The number of carbonyl (C=O) groups excluding carboxylic acids is 2. The Hall–Kier alpha value is -1.89. The highest BCUT2D eigenvalue weighted by Crippen LogP contribution is 2.40. The van der Waals surface area contributed by atoms with E-state index in [-0.39, 0.29) is 30.5 Å². The third-order valence-electron chi connectivity index (χ3n) is 5.37. The van der Waals surface area contributed by atoms with Crippen LogP contribution >= 0.6 is 0 Å². The number of nitrogens with one attached hydrogen (secondary N) is 1. The molecule has 7 nitrogen and oxygen atoms in total. The Balaban J connectivity index is 1.47. The van der Waals surface area contributed by atoms with Crippen molar-refractivity contribution in [2.75, 3.05) is 13.2 Å². The maximum Gasteiger partial charge on any atom is 0.246 e. The molecule has 2 atom stereocenters. The first kappa shape index (κ1) is 16.6. The largest absolute Gasteiger partial charge is 0.371 e. The first-order valence-corrected chi connectivity index (χ1v) is 9.29. The summed E-state index contributed by atoms with van der Waals surface area (Å²) in [6, 6.07) is 2.01. The lowest BCUT2D eigenvalue weighted by molar-refractivity contribution is -0.141. The first-order chi connectivity index (χ1) is 12.1. The second kappa shape index (κ2) is 6.78. The van der Waals surface area contributed by atoms with Gasteiger partial charge in [0.2, 0.25) is 11.8 Å². The van der Waals surface area contributed by atoms with Gasteiger partial charge in [-0.15, -0.1) is 0 Å². The van der Waals surface area contributed by atoms with Crippen molar-refractivity contribution in [2.45, 2.75) is 56.7 Å². The molecule has 2 aliphatic carbocycles. The topological polar surface area (TPSA) is 76.5 Å². The van der Waals surface area contributed by atoms with Crippen LogP contribution < -0.4 is 5.32 Å². The summed E-state index contributed by atoms with van der Waals surface area (Å²) in [6.07, 6.45) is 7.41. The van der Waals surface area contributed by atoms with Gasteiger partial charge in [0.15, 0.2) is 0 Å². The SMILES string of the molecule is Cn1nccc1[C@H]1[C@H](NC(=O)COCC2CC2)CCC(=O)N1C1CC1. The number of aromatic nitrogens is 2. The van der Waals surface area contributed by atoms with Crippen LogP contribution in [0, 0.1) is 5.92 Å². The summed E-state index contributed by atoms with van der Waals surface area (Å²) in [7, 11) is 1.89. The van der Waals surface area contributed by atoms with Crippen molar-refractivity contribution in [3.05, 3.63) is 18.0 Å². The van der Waals surface area contributed by atoms with Crippen LogP contribution in [-0.2, 0) is 21.4 Å². The number of likely N-dealkylation sites (tertiary alicyclic amines) is 1. The molecule has 1 N–H and O–H groups in total. The standard InChI is InChI=1S/C18H26N4O3/c1-21-15(8-9-19-21)18-14(6-7-17(24)22(18)13-4-5-13)20-16(23)11-25-10-12-2-3-12/h8-9,12-14,18H,2-7,10-11H2,1H3,(H,20,23)/t14-,18-/m1/s1. The van der Waals surface area contributed by atoms with Gasteiger partial charge in [0.1, 0.15) is 6.61 Å². The maximum atomic E-state index is 12.5. The van der Waals surface area contributed by atoms with Gasteiger partial charge in [-0.25, -0.2) is 0 Å². The molecule has 0 spiro atoms. The molecule has 3 aliphatic rings. The number of piperidine rings is 1. The summed E-state index contributed by atoms with van der Waals surface area (Å²) in [5.41, 5.74) is 0.976. The van der Waals surface area contributed by atoms with Crippen LogP contribution in [-0.4, -0.2) is 51.8 Å². The van der Waals surface area contributed by atoms with Crippen LogP contribution in [0.2, 0.25) is 0 Å². The highest BCUT2D eigenvalue weighted by atomic mass is 16.5. The lowest BCUT2D eigenvalue weighted by Gasteiger charge is -2.41. The van der Waals surface area contributed by atoms with Gasteiger partial charge >= 0.3 is 0 Å². The molecule has 2 amide bonds. The van der Waals surface area contributed by atoms with Crippen LogP contribution in [0.15, 0.2) is 12.3 Å². The Morgan fingerprint density at radius 3 is 2.76 bits per heavy atom. The van der Waals surface area contributed by atoms with Gasteiger partial charge in [-0.1, -0.05) is 0 Å². The molecule has 0 bridgehead atoms. The third kappa shape index (κ3) is 3.71. The zero-order chi connectivity index (χ0) is 17.4. The number of hydrogen-bond donors (Lipinski definition) is 1. The van der Waals surface area contributed by atoms with E-state index in [0.29, 0.717) is 31.4 Å². The Labute approximate surface area is 147 Å². The third-order valence-corrected chi connectivity index (χ3v) is 5.37. The maximum absolute atomic E-state index is 12.5. The van der Waals surface area contributed by atoms with Crippen molar-refractivity contribution in [2.24, 2.45) is 13.0 Å². The van der Waals surface area contributed by atoms with Crippen LogP contribution in [0.5, 0.6) is 0 Å². The van der Waals surface area contributed by atoms with Crippen molar-refractivity contribution >= 4 is 11.8 Å². The summed E-state index contributed by atoms with van der Waals surface area (Å²) in [5.74, 6) is 0.736. The van der Waals surface area contributed by atoms with Crippen molar-refractivity contribution in [3.8, 4) is 0 Å². The van der Waals surface area contributed by atoms with Crippen molar-refractivity contribution in [1.82, 2.24) is 20.0 Å². The van der Waals surface area contributed by atoms with Crippen molar-refractivity contribution in [3.63, 3.8) is 0 Å². The number of hydrogen-bond acceptors (Lipinski definition) is 4. The van der Waals surface area contributed by atoms with E-state index < -0.39 is 0 Å². The minimum absolute atomic E-state index is 0.0919. The number of carbonyl (C=O) groups is 2. The van der Waals surface area contributed by atoms with Gasteiger partial charge in [-0.2, -0.15) is 5.10 Å². The van der Waals surface area contributed by atoms with E-state index in [9.17, 15) is 9.59 Å². The highest BCUT2D eigenvalue weighted by Gasteiger charge is 2.45. The number of rotatable bonds is 7. The summed E-state index contributed by atoms with van der Waals surface area (Å²) in [5, 5.41) is 7.37. The molecule has 25 heavy (non-hydrogen) atoms. The molecular weight excluding hydrogens is 320 g/mol. The average molecular weight is 346 g/mol. The van der Waals surface area contributed by atoms with Gasteiger partial charge in [0.25, 0.3) is 0 Å². The Kier molecular flexibility index (Phi) is 4.50. The van der Waals surface area contributed by atoms with Crippen LogP contribution in [0.4, 0.5) is 0 Å². The molecule has 1 aromatic heterocycles. The number of aryl methyl sites for hydroxylation is 1. The molecule has 0 unspecified atom stereocenters. The smallest absolute Gasteiger partial charge is 0.246 e. The van der Waals surface area contributed by atoms with Gasteiger partial charge in [-0.05, 0) is 44.1 Å². The summed E-state index contributed by atoms with van der Waals surface area (Å²) >= 11 is 0. The molecule has 2 saturated carbocycles. The predicted molar refractivity (Wildman–Crippen MR) is 90.5 cm³/mol. The lowest BCUT2D eigenvalue weighted by atomic mass is 9.92. The molecule has 0 aromatic carbocycles. The Morgan fingerprint density at radius 2 is 2.12 bits per heavy atom. The fourth-order valence-electron chi connectivity index (χ4n) is 3.72. The van der Waals surface area contributed by atoms with Crippen LogP contribution in [0.3, 0.4) is 0 Å². The van der Waals surface area contributed by atoms with Gasteiger partial charge < -0.3 is 15.0 Å². The number of ether oxygens (including phenoxy) is 1. The fraction of sp³-hybridized carbons (Fsp3) is 0.722. The number of amides is 2. The van der Waals surface area contributed by atoms with Gasteiger partial charge in [0, 0.05) is 25.7 Å². The quantitative estimate of drug-likeness (QED) is 0.804. The molecule has 2 heterocycles. The van der Waals surface area contributed by atoms with E-state index in [2.05, 4.69) is 10.4 Å². The van der Waals surface area contributed by atoms with Crippen molar-refractivity contribution < 1.29 is 14.3 Å². The Morgan fingerprint density at radius 1 is 1.32 bits per heavy atom. The Bertz CT molecular complexity index is 651. The lowest BCUT2D eigenvalue weighted by Crippen LogP contribution is -2.54. The van der Waals surface area contributed by atoms with E-state index in [4.69, 9.17) is 4.74 Å². The van der Waals surface area contributed by atoms with Crippen molar-refractivity contribution in [1.29, 1.82) is 0 Å². The van der Waals surface area contributed by atoms with Gasteiger partial charge in [0.05, 0.1) is 24.4 Å². The molecule has 0 radical (unpaired) electrons. The molecule has 136 valence electrons. The minimum atomic E-state index is -0.145. The molecule has 1 saturated heterocycles. The molecule has 3 fully saturated rings. The second-order valence-electron chi connectivity index (χ2n) is 7.53. The molecule has 1 aliphatic heterocycles. The molecule has 1 aromatic rings. The molecule has 7 heteroatoms. The van der Waals surface area contributed by atoms with E-state index in [1.165, 1.54) is 12.8 Å². The monoisotopic (exact) mass is 346 g/mol. The summed E-state index contributed by atoms with van der Waals surface area (Å²) in [6.45, 7) is 0.776. The fourth-order valence-corrected chi connectivity index (χ4v) is 3.72. The first-order valence-electron chi connectivity index (χ1n) is 9.29. The zero-order valence-electron chi connectivity index (χ0n) is 14.7. The van der Waals surface area contributed by atoms with E-state index in [1.54, 1.807) is 10.9 Å². The molecule has 4 rings (SSSR count). The minimum Gasteiger partial charge on any atom is -0.371 e. The number of nitrogens with zero attached hydrogens (tertiary/aromatic N) is 3. The predicted octanol–water partition coefficient (Wildman–Crippen LogP) is 1.16. The van der Waals surface area contributed by atoms with Crippen LogP contribution in [0.25, 0.3) is 0 Å². The van der Waals surface area contributed by atoms with E-state index >= 15 is 0 Å². The van der Waals surface area contributed by atoms with E-state index in [0.717, 1.165) is 18.5 Å². The van der Waals surface area contributed by atoms with E-state index in [1.807, 2.05) is 18.0 Å². The zero-order valence-corrected chi connectivity index (χ0v) is 14.7. The second-order valence-corrected chi connectivity index (χ2v) is 7.53. The summed E-state index contributed by atoms with van der Waals surface area (Å²) < 4.78 is 7.32. The normalized spacial score (nSPS) is 26.8. The average Bonchev–Trinajstić information content (AvgIpc) is 3.49.